The van der Waals surface area contributed by atoms with Gasteiger partial charge in [-0.3, -0.25) is 14.4 Å². The minimum atomic E-state index is -0.368. The lowest BCUT2D eigenvalue weighted by atomic mass is 10.0. The van der Waals surface area contributed by atoms with Gasteiger partial charge in [-0.25, -0.2) is 0 Å². The number of nitrogens with one attached hydrogen (secondary N) is 1. The van der Waals surface area contributed by atoms with Crippen LogP contribution in [0.25, 0.3) is 6.08 Å². The van der Waals surface area contributed by atoms with Gasteiger partial charge in [0, 0.05) is 25.8 Å². The number of hydrogen-bond acceptors (Lipinski definition) is 5. The molecule has 0 aromatic heterocycles. The number of aliphatic hydroxyl groups excluding tert-OH is 1. The summed E-state index contributed by atoms with van der Waals surface area (Å²) in [5.74, 6) is -0.190. The average molecular weight is 543 g/mol. The van der Waals surface area contributed by atoms with Gasteiger partial charge in [0.15, 0.2) is 0 Å². The summed E-state index contributed by atoms with van der Waals surface area (Å²) in [4.78, 5) is 39.5. The minimum Gasteiger partial charge on any atom is -0.427 e. The molecule has 0 heterocycles. The summed E-state index contributed by atoms with van der Waals surface area (Å²) in [5.41, 5.74) is 4.67. The first-order valence-electron chi connectivity index (χ1n) is 13.7. The van der Waals surface area contributed by atoms with Crippen molar-refractivity contribution < 1.29 is 24.2 Å². The molecule has 0 aliphatic rings. The van der Waals surface area contributed by atoms with Crippen LogP contribution in [0.3, 0.4) is 0 Å². The lowest BCUT2D eigenvalue weighted by Crippen LogP contribution is -2.35. The van der Waals surface area contributed by atoms with Crippen molar-refractivity contribution in [3.63, 3.8) is 0 Å². The van der Waals surface area contributed by atoms with Crippen LogP contribution in [0.4, 0.5) is 5.69 Å². The number of carbonyl (C=O) groups excluding carboxylic acids is 3. The van der Waals surface area contributed by atoms with Gasteiger partial charge in [0.05, 0.1) is 18.8 Å². The molecule has 7 heteroatoms. The van der Waals surface area contributed by atoms with Crippen LogP contribution in [0.15, 0.2) is 79.4 Å². The number of carbonyl (C=O) groups is 3. The molecule has 0 saturated heterocycles. The maximum Gasteiger partial charge on any atom is 0.311 e. The number of ether oxygens (including phenoxy) is 1. The van der Waals surface area contributed by atoms with Crippen LogP contribution in [0.1, 0.15) is 61.3 Å². The Morgan fingerprint density at radius 3 is 2.27 bits per heavy atom. The van der Waals surface area contributed by atoms with E-state index in [2.05, 4.69) is 24.9 Å². The van der Waals surface area contributed by atoms with Gasteiger partial charge in [0.2, 0.25) is 11.8 Å². The van der Waals surface area contributed by atoms with Gasteiger partial charge >= 0.3 is 5.97 Å². The molecule has 0 radical (unpaired) electrons. The molecule has 0 aliphatic carbocycles. The van der Waals surface area contributed by atoms with E-state index in [4.69, 9.17) is 9.84 Å². The summed E-state index contributed by atoms with van der Waals surface area (Å²) < 4.78 is 5.28. The number of benzene rings is 3. The molecule has 210 valence electrons. The number of para-hydroxylation sites is 1. The lowest BCUT2D eigenvalue weighted by molar-refractivity contribution is -0.134. The maximum atomic E-state index is 13.4. The molecular weight excluding hydrogens is 504 g/mol. The van der Waals surface area contributed by atoms with E-state index in [0.717, 1.165) is 28.8 Å². The Kier molecular flexibility index (Phi) is 12.1. The van der Waals surface area contributed by atoms with Crippen LogP contribution in [-0.4, -0.2) is 29.4 Å². The number of aryl methyl sites for hydroxylation is 1. The molecule has 0 bridgehead atoms. The Labute approximate surface area is 236 Å². The van der Waals surface area contributed by atoms with Crippen LogP contribution in [0.5, 0.6) is 5.75 Å². The minimum absolute atomic E-state index is 0.0700. The summed E-state index contributed by atoms with van der Waals surface area (Å²) >= 11 is 0. The third-order valence-corrected chi connectivity index (χ3v) is 6.61. The molecule has 2 amide bonds. The number of amides is 2. The standard InChI is InChI=1S/C33H38N2O5/c1-3-26-11-5-6-13-28(26)23-35(30-14-8-7-12-27(30)4-2)32(38)21-22-34-31(37)15-9-10-16-33(39)40-29-19-17-25(24-36)18-20-29/h4-8,11-14,17-20,36H,2-3,9-10,15-16,21-24H2,1H3,(H,34,37). The van der Waals surface area contributed by atoms with Crippen molar-refractivity contribution in [2.24, 2.45) is 0 Å². The molecule has 0 unspecified atom stereocenters. The summed E-state index contributed by atoms with van der Waals surface area (Å²) in [7, 11) is 0. The smallest absolute Gasteiger partial charge is 0.311 e. The fraction of sp³-hybridized carbons (Fsp3) is 0.303. The average Bonchev–Trinajstić information content (AvgIpc) is 2.98. The van der Waals surface area contributed by atoms with E-state index >= 15 is 0 Å². The molecule has 3 aromatic carbocycles. The second kappa shape index (κ2) is 16.0. The predicted molar refractivity (Wildman–Crippen MR) is 158 cm³/mol. The van der Waals surface area contributed by atoms with Crippen LogP contribution in [0.2, 0.25) is 0 Å². The number of hydrogen-bond donors (Lipinski definition) is 2. The Morgan fingerprint density at radius 1 is 0.900 bits per heavy atom. The number of aliphatic hydroxyl groups is 1. The summed E-state index contributed by atoms with van der Waals surface area (Å²) in [6.45, 7) is 6.59. The van der Waals surface area contributed by atoms with Crippen LogP contribution in [0, 0.1) is 0 Å². The second-order valence-electron chi connectivity index (χ2n) is 9.45. The molecule has 2 N–H and O–H groups in total. The third-order valence-electron chi connectivity index (χ3n) is 6.61. The maximum absolute atomic E-state index is 13.4. The molecule has 0 saturated carbocycles. The fourth-order valence-corrected chi connectivity index (χ4v) is 4.37. The number of nitrogens with zero attached hydrogens (tertiary/aromatic N) is 1. The van der Waals surface area contributed by atoms with Gasteiger partial charge < -0.3 is 20.1 Å². The topological polar surface area (TPSA) is 95.9 Å². The Morgan fingerprint density at radius 2 is 1.57 bits per heavy atom. The van der Waals surface area contributed by atoms with Gasteiger partial charge in [-0.15, -0.1) is 0 Å². The normalized spacial score (nSPS) is 10.6. The molecule has 0 atom stereocenters. The number of rotatable bonds is 15. The van der Waals surface area contributed by atoms with Gasteiger partial charge in [0.25, 0.3) is 0 Å². The van der Waals surface area contributed by atoms with E-state index in [0.29, 0.717) is 25.1 Å². The third kappa shape index (κ3) is 9.20. The monoisotopic (exact) mass is 542 g/mol. The lowest BCUT2D eigenvalue weighted by Gasteiger charge is -2.26. The largest absolute Gasteiger partial charge is 0.427 e. The molecule has 3 rings (SSSR count). The predicted octanol–water partition coefficient (Wildman–Crippen LogP) is 5.59. The summed E-state index contributed by atoms with van der Waals surface area (Å²) in [6, 6.07) is 22.4. The Balaban J connectivity index is 1.47. The van der Waals surface area contributed by atoms with Gasteiger partial charge in [-0.2, -0.15) is 0 Å². The van der Waals surface area contributed by atoms with Gasteiger partial charge in [0.1, 0.15) is 5.75 Å². The van der Waals surface area contributed by atoms with E-state index in [9.17, 15) is 14.4 Å². The fourth-order valence-electron chi connectivity index (χ4n) is 4.37. The van der Waals surface area contributed by atoms with Crippen LogP contribution >= 0.6 is 0 Å². The van der Waals surface area contributed by atoms with E-state index in [1.54, 1.807) is 35.2 Å². The van der Waals surface area contributed by atoms with Crippen molar-refractivity contribution in [1.82, 2.24) is 5.32 Å². The molecule has 0 aliphatic heterocycles. The molecular formula is C33H38N2O5. The molecule has 0 spiro atoms. The van der Waals surface area contributed by atoms with Crippen molar-refractivity contribution in [3.05, 3.63) is 102 Å². The van der Waals surface area contributed by atoms with Gasteiger partial charge in [-0.05, 0) is 59.7 Å². The highest BCUT2D eigenvalue weighted by molar-refractivity contribution is 5.95. The van der Waals surface area contributed by atoms with E-state index < -0.39 is 0 Å². The van der Waals surface area contributed by atoms with Crippen molar-refractivity contribution in [3.8, 4) is 5.75 Å². The van der Waals surface area contributed by atoms with Crippen molar-refractivity contribution >= 4 is 29.5 Å². The number of unbranched alkanes of at least 4 members (excludes halogenated alkanes) is 1. The first-order chi connectivity index (χ1) is 19.4. The molecule has 40 heavy (non-hydrogen) atoms. The SMILES string of the molecule is C=Cc1ccccc1N(Cc1ccccc1CC)C(=O)CCNC(=O)CCCCC(=O)Oc1ccc(CO)cc1. The first kappa shape index (κ1) is 30.3. The Bertz CT molecular complexity index is 1290. The molecule has 7 nitrogen and oxygen atoms in total. The van der Waals surface area contributed by atoms with Crippen molar-refractivity contribution in [1.29, 1.82) is 0 Å². The van der Waals surface area contributed by atoms with Gasteiger partial charge in [-0.1, -0.05) is 74.2 Å². The van der Waals surface area contributed by atoms with E-state index in [-0.39, 0.29) is 50.2 Å². The van der Waals surface area contributed by atoms with Crippen molar-refractivity contribution in [2.75, 3.05) is 11.4 Å². The van der Waals surface area contributed by atoms with E-state index in [1.165, 1.54) is 5.56 Å². The highest BCUT2D eigenvalue weighted by atomic mass is 16.5. The zero-order chi connectivity index (χ0) is 28.7. The quantitative estimate of drug-likeness (QED) is 0.148. The molecule has 0 fully saturated rings. The number of esters is 1. The van der Waals surface area contributed by atoms with Crippen molar-refractivity contribution in [2.45, 2.75) is 58.6 Å². The summed E-state index contributed by atoms with van der Waals surface area (Å²) in [6.07, 6.45) is 4.28. The molecule has 3 aromatic rings. The summed E-state index contributed by atoms with van der Waals surface area (Å²) in [5, 5.41) is 11.9. The van der Waals surface area contributed by atoms with Crippen LogP contribution in [-0.2, 0) is 34.0 Å². The zero-order valence-electron chi connectivity index (χ0n) is 23.1. The second-order valence-corrected chi connectivity index (χ2v) is 9.45. The first-order valence-corrected chi connectivity index (χ1v) is 13.7. The van der Waals surface area contributed by atoms with E-state index in [1.807, 2.05) is 42.5 Å². The number of anilines is 1. The highest BCUT2D eigenvalue weighted by Gasteiger charge is 2.19. The highest BCUT2D eigenvalue weighted by Crippen LogP contribution is 2.25. The zero-order valence-corrected chi connectivity index (χ0v) is 23.1. The van der Waals surface area contributed by atoms with Crippen LogP contribution < -0.4 is 15.0 Å². The Hall–Kier alpha value is -4.23.